The minimum atomic E-state index is -1.90. The Labute approximate surface area is 85.5 Å². The molecular weight excluding hydrogens is 201 g/mol. The van der Waals surface area contributed by atoms with E-state index >= 15 is 0 Å². The quantitative estimate of drug-likeness (QED) is 0.722. The molecule has 1 N–H and O–H groups in total. The Hall–Kier alpha value is -0.740. The molecule has 0 fully saturated rings. The lowest BCUT2D eigenvalue weighted by atomic mass is 10.8. The van der Waals surface area contributed by atoms with Gasteiger partial charge in [-0.1, -0.05) is 12.6 Å². The van der Waals surface area contributed by atoms with Crippen LogP contribution in [0.2, 0.25) is 0 Å². The van der Waals surface area contributed by atoms with Gasteiger partial charge < -0.3 is 4.57 Å². The van der Waals surface area contributed by atoms with Crippen molar-refractivity contribution in [2.75, 3.05) is 27.4 Å². The van der Waals surface area contributed by atoms with Gasteiger partial charge in [-0.05, 0) is 21.0 Å². The molecule has 0 bridgehead atoms. The predicted octanol–water partition coefficient (Wildman–Crippen LogP) is 1.23. The van der Waals surface area contributed by atoms with Gasteiger partial charge in [0.05, 0.1) is 0 Å². The lowest BCUT2D eigenvalue weighted by Gasteiger charge is -2.13. The van der Waals surface area contributed by atoms with E-state index in [0.29, 0.717) is 5.82 Å². The molecule has 0 saturated heterocycles. The zero-order chi connectivity index (χ0) is 10.5. The van der Waals surface area contributed by atoms with Crippen molar-refractivity contribution in [1.29, 1.82) is 0 Å². The summed E-state index contributed by atoms with van der Waals surface area (Å²) in [5.41, 5.74) is 0. The Morgan fingerprint density at radius 2 is 1.79 bits per heavy atom. The number of aryl methyl sites for hydroxylation is 1. The van der Waals surface area contributed by atoms with Gasteiger partial charge in [0.1, 0.15) is 7.29 Å². The first kappa shape index (κ1) is 15.7. The molecule has 0 amide bonds. The van der Waals surface area contributed by atoms with Gasteiger partial charge in [0, 0.05) is 13.3 Å². The molecule has 1 aromatic rings. The molecule has 1 rings (SSSR count). The number of nitrogens with one attached hydrogen (secondary N) is 1. The van der Waals surface area contributed by atoms with Crippen molar-refractivity contribution in [2.45, 2.75) is 14.4 Å². The molecule has 6 nitrogen and oxygen atoms in total. The molecule has 0 radical (unpaired) electrons. The van der Waals surface area contributed by atoms with Gasteiger partial charge in [0.15, 0.2) is 5.82 Å². The van der Waals surface area contributed by atoms with E-state index in [9.17, 15) is 4.57 Å². The molecule has 0 unspecified atom stereocenters. The zero-order valence-electron chi connectivity index (χ0n) is 8.64. The molecule has 0 saturated carbocycles. The van der Waals surface area contributed by atoms with Gasteiger partial charge in [0.25, 0.3) is 0 Å². The van der Waals surface area contributed by atoms with Crippen LogP contribution in [-0.2, 0) is 4.57 Å². The Bertz CT molecular complexity index is 266. The van der Waals surface area contributed by atoms with Crippen LogP contribution >= 0.6 is 7.29 Å². The van der Waals surface area contributed by atoms with Gasteiger partial charge in [0.2, 0.25) is 0 Å². The van der Waals surface area contributed by atoms with Crippen LogP contribution in [0.25, 0.3) is 0 Å². The molecule has 1 heterocycles. The largest absolute Gasteiger partial charge is 0.307 e. The Kier molecular flexibility index (Phi) is 7.50. The molecule has 0 aliphatic rings. The summed E-state index contributed by atoms with van der Waals surface area (Å²) < 4.78 is 12.6. The fourth-order valence-corrected chi connectivity index (χ4v) is 0.212. The Morgan fingerprint density at radius 3 is 1.86 bits per heavy atom. The summed E-state index contributed by atoms with van der Waals surface area (Å²) in [7, 11) is 1.74. The van der Waals surface area contributed by atoms with Gasteiger partial charge in [-0.15, -0.1) is 10.2 Å². The highest BCUT2D eigenvalue weighted by Crippen LogP contribution is 2.37. The number of nitrogens with zero attached hydrogens (tertiary/aromatic N) is 4. The third-order valence-corrected chi connectivity index (χ3v) is 3.34. The smallest absolute Gasteiger partial charge is 0.171 e. The molecule has 0 aliphatic carbocycles. The molecule has 0 aliphatic heterocycles. The molecular formula is C7H20N5OP. The first-order valence-corrected chi connectivity index (χ1v) is 6.32. The topological polar surface area (TPSA) is 74.8 Å². The second-order valence-corrected chi connectivity index (χ2v) is 6.49. The van der Waals surface area contributed by atoms with E-state index in [1.807, 2.05) is 14.1 Å². The maximum absolute atomic E-state index is 10.8. The second-order valence-electron chi connectivity index (χ2n) is 3.10. The normalized spacial score (nSPS) is 10.1. The molecule has 14 heavy (non-hydrogen) atoms. The summed E-state index contributed by atoms with van der Waals surface area (Å²) in [5, 5.41) is 12.7. The SMILES string of the molecule is C.CN(C)P(C)(C)=O.Cc1nn[nH]n1. The van der Waals surface area contributed by atoms with E-state index in [-0.39, 0.29) is 7.43 Å². The standard InChI is InChI=1S/C4H12NOP.C2H4N4.CH4/c1-5(2)7(3,4)6;1-2-3-5-6-4-2;/h1-4H3;1H3,(H,3,4,5,6);1H4. The minimum Gasteiger partial charge on any atom is -0.307 e. The third-order valence-electron chi connectivity index (χ3n) is 1.41. The van der Waals surface area contributed by atoms with Gasteiger partial charge >= 0.3 is 0 Å². The van der Waals surface area contributed by atoms with Gasteiger partial charge in [-0.3, -0.25) is 4.67 Å². The van der Waals surface area contributed by atoms with Crippen LogP contribution in [0.15, 0.2) is 0 Å². The highest BCUT2D eigenvalue weighted by molar-refractivity contribution is 7.59. The fraction of sp³-hybridized carbons (Fsp3) is 0.857. The Balaban J connectivity index is 0. The van der Waals surface area contributed by atoms with Crippen molar-refractivity contribution in [2.24, 2.45) is 0 Å². The number of aromatic amines is 1. The fourth-order valence-electron chi connectivity index (χ4n) is 0.212. The van der Waals surface area contributed by atoms with Crippen LogP contribution < -0.4 is 0 Å². The summed E-state index contributed by atoms with van der Waals surface area (Å²) in [5.74, 6) is 0.676. The Morgan fingerprint density at radius 1 is 1.36 bits per heavy atom. The predicted molar refractivity (Wildman–Crippen MR) is 58.8 cm³/mol. The molecule has 7 heteroatoms. The lowest BCUT2D eigenvalue weighted by molar-refractivity contribution is 0.526. The maximum Gasteiger partial charge on any atom is 0.171 e. The van der Waals surface area contributed by atoms with Crippen molar-refractivity contribution in [3.8, 4) is 0 Å². The maximum atomic E-state index is 10.8. The van der Waals surface area contributed by atoms with Crippen molar-refractivity contribution in [3.63, 3.8) is 0 Å². The monoisotopic (exact) mass is 221 g/mol. The van der Waals surface area contributed by atoms with E-state index in [4.69, 9.17) is 0 Å². The molecule has 0 spiro atoms. The molecule has 84 valence electrons. The lowest BCUT2D eigenvalue weighted by Crippen LogP contribution is -2.04. The molecule has 0 atom stereocenters. The minimum absolute atomic E-state index is 0. The number of H-pyrrole nitrogens is 1. The van der Waals surface area contributed by atoms with Crippen molar-refractivity contribution in [1.82, 2.24) is 25.3 Å². The summed E-state index contributed by atoms with van der Waals surface area (Å²) in [6.07, 6.45) is 0. The van der Waals surface area contributed by atoms with Crippen molar-refractivity contribution < 1.29 is 4.57 Å². The van der Waals surface area contributed by atoms with Crippen LogP contribution in [0.5, 0.6) is 0 Å². The summed E-state index contributed by atoms with van der Waals surface area (Å²) in [4.78, 5) is 0. The number of rotatable bonds is 1. The van der Waals surface area contributed by atoms with Crippen molar-refractivity contribution >= 4 is 7.29 Å². The average Bonchev–Trinajstić information content (AvgIpc) is 2.38. The van der Waals surface area contributed by atoms with E-state index in [0.717, 1.165) is 0 Å². The van der Waals surface area contributed by atoms with Crippen LogP contribution in [0, 0.1) is 6.92 Å². The number of hydrogen-bond donors (Lipinski definition) is 1. The van der Waals surface area contributed by atoms with Crippen LogP contribution in [0.1, 0.15) is 13.3 Å². The van der Waals surface area contributed by atoms with E-state index in [1.54, 1.807) is 24.9 Å². The van der Waals surface area contributed by atoms with Crippen LogP contribution in [0.3, 0.4) is 0 Å². The van der Waals surface area contributed by atoms with E-state index < -0.39 is 7.29 Å². The summed E-state index contributed by atoms with van der Waals surface area (Å²) >= 11 is 0. The molecule has 0 aromatic carbocycles. The van der Waals surface area contributed by atoms with Gasteiger partial charge in [-0.25, -0.2) is 0 Å². The van der Waals surface area contributed by atoms with E-state index in [2.05, 4.69) is 20.6 Å². The summed E-state index contributed by atoms with van der Waals surface area (Å²) in [6, 6.07) is 0. The summed E-state index contributed by atoms with van der Waals surface area (Å²) in [6.45, 7) is 5.25. The first-order chi connectivity index (χ1) is 5.84. The second kappa shape index (κ2) is 6.68. The van der Waals surface area contributed by atoms with Crippen LogP contribution in [0.4, 0.5) is 0 Å². The number of aromatic nitrogens is 4. The molecule has 1 aromatic heterocycles. The van der Waals surface area contributed by atoms with E-state index in [1.165, 1.54) is 0 Å². The zero-order valence-corrected chi connectivity index (χ0v) is 9.54. The third kappa shape index (κ3) is 7.89. The number of tetrazole rings is 1. The van der Waals surface area contributed by atoms with Crippen LogP contribution in [-0.4, -0.2) is 52.7 Å². The number of hydrogen-bond acceptors (Lipinski definition) is 4. The highest BCUT2D eigenvalue weighted by Gasteiger charge is 2.07. The average molecular weight is 221 g/mol. The highest BCUT2D eigenvalue weighted by atomic mass is 31.2. The van der Waals surface area contributed by atoms with Gasteiger partial charge in [-0.2, -0.15) is 5.21 Å². The first-order valence-electron chi connectivity index (χ1n) is 3.77. The van der Waals surface area contributed by atoms with Crippen molar-refractivity contribution in [3.05, 3.63) is 5.82 Å².